The van der Waals surface area contributed by atoms with E-state index in [9.17, 15) is 0 Å². The molecule has 0 aromatic heterocycles. The third-order valence-corrected chi connectivity index (χ3v) is 4.63. The maximum absolute atomic E-state index is 8.87. The standard InChI is InChI=1S/C10H17NO/c1-9(2)7-4-5-10(9,3)8(6-7)11-12/h7,12H,4-6H2,1-3H3/b11-8-/t7-,10-/m1/s1. The fourth-order valence-electron chi connectivity index (χ4n) is 3.08. The van der Waals surface area contributed by atoms with E-state index in [1.807, 2.05) is 0 Å². The number of fused-ring (bicyclic) bond motifs is 2. The second kappa shape index (κ2) is 2.04. The van der Waals surface area contributed by atoms with E-state index in [4.69, 9.17) is 5.21 Å². The van der Waals surface area contributed by atoms with E-state index in [2.05, 4.69) is 25.9 Å². The van der Waals surface area contributed by atoms with Gasteiger partial charge in [0.1, 0.15) is 0 Å². The normalized spacial score (nSPS) is 47.2. The van der Waals surface area contributed by atoms with E-state index in [-0.39, 0.29) is 5.41 Å². The summed E-state index contributed by atoms with van der Waals surface area (Å²) in [6, 6.07) is 0. The molecule has 12 heavy (non-hydrogen) atoms. The maximum atomic E-state index is 8.87. The SMILES string of the molecule is CC1(C)[C@@H]2CC[C@]1(C)/C(=N\O)C2. The predicted octanol–water partition coefficient (Wildman–Crippen LogP) is 2.66. The Hall–Kier alpha value is -0.530. The van der Waals surface area contributed by atoms with E-state index in [1.54, 1.807) is 0 Å². The Balaban J connectivity index is 2.46. The third kappa shape index (κ3) is 0.644. The highest BCUT2D eigenvalue weighted by Crippen LogP contribution is 2.63. The summed E-state index contributed by atoms with van der Waals surface area (Å²) in [5.74, 6) is 0.744. The zero-order valence-electron chi connectivity index (χ0n) is 8.09. The molecule has 0 aromatic carbocycles. The van der Waals surface area contributed by atoms with Crippen LogP contribution in [0.1, 0.15) is 40.0 Å². The molecule has 2 fully saturated rings. The van der Waals surface area contributed by atoms with E-state index in [1.165, 1.54) is 12.8 Å². The average molecular weight is 167 g/mol. The monoisotopic (exact) mass is 167 g/mol. The molecular formula is C10H17NO. The Labute approximate surface area is 73.7 Å². The Morgan fingerprint density at radius 2 is 2.08 bits per heavy atom. The molecule has 1 N–H and O–H groups in total. The second-order valence-electron chi connectivity index (χ2n) is 5.04. The first-order valence-corrected chi connectivity index (χ1v) is 4.74. The summed E-state index contributed by atoms with van der Waals surface area (Å²) >= 11 is 0. The van der Waals surface area contributed by atoms with E-state index in [0.717, 1.165) is 18.1 Å². The first kappa shape index (κ1) is 8.09. The van der Waals surface area contributed by atoms with Gasteiger partial charge >= 0.3 is 0 Å². The lowest BCUT2D eigenvalue weighted by molar-refractivity contribution is 0.190. The van der Waals surface area contributed by atoms with Crippen molar-refractivity contribution in [3.63, 3.8) is 0 Å². The van der Waals surface area contributed by atoms with E-state index < -0.39 is 0 Å². The number of nitrogens with zero attached hydrogens (tertiary/aromatic N) is 1. The Bertz CT molecular complexity index is 244. The topological polar surface area (TPSA) is 32.6 Å². The molecule has 0 unspecified atom stereocenters. The highest BCUT2D eigenvalue weighted by molar-refractivity contribution is 5.93. The van der Waals surface area contributed by atoms with Crippen molar-refractivity contribution in [2.24, 2.45) is 21.9 Å². The number of hydrogen-bond donors (Lipinski definition) is 1. The van der Waals surface area contributed by atoms with Crippen LogP contribution in [0.3, 0.4) is 0 Å². The minimum absolute atomic E-state index is 0.173. The minimum atomic E-state index is 0.173. The molecule has 0 aromatic rings. The van der Waals surface area contributed by atoms with Gasteiger partial charge < -0.3 is 5.21 Å². The molecule has 68 valence electrons. The van der Waals surface area contributed by atoms with Gasteiger partial charge in [-0.25, -0.2) is 0 Å². The molecule has 0 amide bonds. The molecule has 0 spiro atoms. The summed E-state index contributed by atoms with van der Waals surface area (Å²) in [6.07, 6.45) is 3.52. The molecule has 0 radical (unpaired) electrons. The van der Waals surface area contributed by atoms with Crippen molar-refractivity contribution in [2.75, 3.05) is 0 Å². The molecule has 2 rings (SSSR count). The molecule has 2 bridgehead atoms. The van der Waals surface area contributed by atoms with Gasteiger partial charge in [0, 0.05) is 5.41 Å². The Morgan fingerprint density at radius 1 is 1.42 bits per heavy atom. The van der Waals surface area contributed by atoms with Crippen LogP contribution in [0, 0.1) is 16.7 Å². The van der Waals surface area contributed by atoms with Crippen LogP contribution in [-0.2, 0) is 0 Å². The van der Waals surface area contributed by atoms with Crippen LogP contribution in [0.4, 0.5) is 0 Å². The van der Waals surface area contributed by atoms with E-state index in [0.29, 0.717) is 5.41 Å². The first-order chi connectivity index (χ1) is 5.52. The minimum Gasteiger partial charge on any atom is -0.411 e. The highest BCUT2D eigenvalue weighted by atomic mass is 16.4. The van der Waals surface area contributed by atoms with Gasteiger partial charge in [-0.2, -0.15) is 0 Å². The largest absolute Gasteiger partial charge is 0.411 e. The van der Waals surface area contributed by atoms with Crippen LogP contribution in [0.2, 0.25) is 0 Å². The number of rotatable bonds is 0. The smallest absolute Gasteiger partial charge is 0.0638 e. The van der Waals surface area contributed by atoms with Crippen LogP contribution in [0.25, 0.3) is 0 Å². The van der Waals surface area contributed by atoms with Crippen LogP contribution in [0.5, 0.6) is 0 Å². The summed E-state index contributed by atoms with van der Waals surface area (Å²) in [7, 11) is 0. The lowest BCUT2D eigenvalue weighted by Gasteiger charge is -2.33. The zero-order valence-corrected chi connectivity index (χ0v) is 8.09. The zero-order chi connectivity index (χ0) is 8.98. The maximum Gasteiger partial charge on any atom is 0.0638 e. The van der Waals surface area contributed by atoms with Crippen molar-refractivity contribution in [2.45, 2.75) is 40.0 Å². The van der Waals surface area contributed by atoms with E-state index >= 15 is 0 Å². The van der Waals surface area contributed by atoms with Gasteiger partial charge in [-0.3, -0.25) is 0 Å². The van der Waals surface area contributed by atoms with Gasteiger partial charge in [0.05, 0.1) is 5.71 Å². The third-order valence-electron chi connectivity index (χ3n) is 4.63. The van der Waals surface area contributed by atoms with Gasteiger partial charge in [-0.1, -0.05) is 25.9 Å². The number of hydrogen-bond acceptors (Lipinski definition) is 2. The molecule has 2 atom stereocenters. The molecule has 0 heterocycles. The van der Waals surface area contributed by atoms with Gasteiger partial charge in [-0.05, 0) is 30.6 Å². The fourth-order valence-corrected chi connectivity index (χ4v) is 3.08. The molecular weight excluding hydrogens is 150 g/mol. The van der Waals surface area contributed by atoms with Crippen LogP contribution < -0.4 is 0 Å². The molecule has 0 aliphatic heterocycles. The quantitative estimate of drug-likeness (QED) is 0.436. The predicted molar refractivity (Wildman–Crippen MR) is 48.5 cm³/mol. The summed E-state index contributed by atoms with van der Waals surface area (Å²) in [5, 5.41) is 12.3. The summed E-state index contributed by atoms with van der Waals surface area (Å²) in [5.41, 5.74) is 1.55. The molecule has 2 aliphatic carbocycles. The van der Waals surface area contributed by atoms with Gasteiger partial charge in [0.25, 0.3) is 0 Å². The summed E-state index contributed by atoms with van der Waals surface area (Å²) in [4.78, 5) is 0. The van der Waals surface area contributed by atoms with Crippen LogP contribution in [0.15, 0.2) is 5.16 Å². The fraction of sp³-hybridized carbons (Fsp3) is 0.900. The van der Waals surface area contributed by atoms with Crippen molar-refractivity contribution in [3.8, 4) is 0 Å². The Kier molecular flexibility index (Phi) is 1.37. The highest BCUT2D eigenvalue weighted by Gasteiger charge is 2.60. The van der Waals surface area contributed by atoms with Crippen molar-refractivity contribution < 1.29 is 5.21 Å². The van der Waals surface area contributed by atoms with Crippen LogP contribution in [-0.4, -0.2) is 10.9 Å². The molecule has 0 saturated heterocycles. The van der Waals surface area contributed by atoms with Crippen LogP contribution >= 0.6 is 0 Å². The van der Waals surface area contributed by atoms with Crippen molar-refractivity contribution >= 4 is 5.71 Å². The summed E-state index contributed by atoms with van der Waals surface area (Å²) < 4.78 is 0. The first-order valence-electron chi connectivity index (χ1n) is 4.74. The Morgan fingerprint density at radius 3 is 2.33 bits per heavy atom. The van der Waals surface area contributed by atoms with Crippen molar-refractivity contribution in [1.29, 1.82) is 0 Å². The van der Waals surface area contributed by atoms with Gasteiger partial charge in [0.2, 0.25) is 0 Å². The lowest BCUT2D eigenvalue weighted by Crippen LogP contribution is -2.32. The molecule has 2 heteroatoms. The summed E-state index contributed by atoms with van der Waals surface area (Å²) in [6.45, 7) is 6.86. The van der Waals surface area contributed by atoms with Gasteiger partial charge in [0.15, 0.2) is 0 Å². The number of oxime groups is 1. The molecule has 2 saturated carbocycles. The second-order valence-corrected chi connectivity index (χ2v) is 5.04. The lowest BCUT2D eigenvalue weighted by atomic mass is 9.70. The molecule has 2 aliphatic rings. The molecule has 2 nitrogen and oxygen atoms in total. The van der Waals surface area contributed by atoms with Crippen molar-refractivity contribution in [3.05, 3.63) is 0 Å². The van der Waals surface area contributed by atoms with Crippen molar-refractivity contribution in [1.82, 2.24) is 0 Å². The average Bonchev–Trinajstić information content (AvgIpc) is 2.34. The van der Waals surface area contributed by atoms with Gasteiger partial charge in [-0.15, -0.1) is 0 Å².